The number of nitrogens with zero attached hydrogens (tertiary/aromatic N) is 2. The summed E-state index contributed by atoms with van der Waals surface area (Å²) in [6.07, 6.45) is 1.67. The van der Waals surface area contributed by atoms with Gasteiger partial charge < -0.3 is 21.0 Å². The van der Waals surface area contributed by atoms with Crippen LogP contribution in [-0.4, -0.2) is 39.4 Å². The third-order valence-corrected chi connectivity index (χ3v) is 2.58. The van der Waals surface area contributed by atoms with Crippen molar-refractivity contribution >= 4 is 11.6 Å². The van der Waals surface area contributed by atoms with Gasteiger partial charge in [-0.15, -0.1) is 0 Å². The normalized spacial score (nSPS) is 10.8. The van der Waals surface area contributed by atoms with Gasteiger partial charge in [0.15, 0.2) is 0 Å². The number of nitrogen functional groups attached to an aromatic ring is 1. The van der Waals surface area contributed by atoms with Crippen molar-refractivity contribution in [2.75, 3.05) is 24.0 Å². The summed E-state index contributed by atoms with van der Waals surface area (Å²) < 4.78 is 0. The zero-order valence-corrected chi connectivity index (χ0v) is 10.8. The molecule has 6 N–H and O–H groups in total. The largest absolute Gasteiger partial charge is 0.394 e. The Bertz CT molecular complexity index is 382. The van der Waals surface area contributed by atoms with Crippen molar-refractivity contribution < 1.29 is 10.2 Å². The summed E-state index contributed by atoms with van der Waals surface area (Å²) in [5.41, 5.74) is 3.28. The summed E-state index contributed by atoms with van der Waals surface area (Å²) in [4.78, 5) is 8.65. The van der Waals surface area contributed by atoms with Gasteiger partial charge in [0, 0.05) is 12.0 Å². The summed E-state index contributed by atoms with van der Waals surface area (Å²) in [6.45, 7) is 3.51. The topological polar surface area (TPSA) is 116 Å². The fraction of sp³-hybridized carbons (Fsp3) is 0.636. The summed E-state index contributed by atoms with van der Waals surface area (Å²) in [5, 5.41) is 21.1. The van der Waals surface area contributed by atoms with E-state index in [2.05, 4.69) is 20.7 Å². The first kappa shape index (κ1) is 14.6. The number of rotatable bonds is 7. The number of hydrogen-bond acceptors (Lipinski definition) is 7. The van der Waals surface area contributed by atoms with E-state index in [0.29, 0.717) is 17.5 Å². The first-order chi connectivity index (χ1) is 8.65. The van der Waals surface area contributed by atoms with E-state index in [9.17, 15) is 0 Å². The van der Waals surface area contributed by atoms with E-state index in [1.807, 2.05) is 13.8 Å². The minimum absolute atomic E-state index is 0.172. The molecule has 0 aliphatic rings. The third kappa shape index (κ3) is 3.52. The van der Waals surface area contributed by atoms with Crippen LogP contribution in [0.5, 0.6) is 0 Å². The number of aliphatic hydroxyl groups is 2. The third-order valence-electron chi connectivity index (χ3n) is 2.58. The quantitative estimate of drug-likeness (QED) is 0.338. The van der Waals surface area contributed by atoms with E-state index in [1.54, 1.807) is 0 Å². The molecule has 1 aromatic rings. The van der Waals surface area contributed by atoms with Crippen LogP contribution in [0.15, 0.2) is 0 Å². The fourth-order valence-electron chi connectivity index (χ4n) is 1.52. The first-order valence-electron chi connectivity index (χ1n) is 5.98. The van der Waals surface area contributed by atoms with E-state index < -0.39 is 6.04 Å². The van der Waals surface area contributed by atoms with Crippen molar-refractivity contribution in [3.63, 3.8) is 0 Å². The molecule has 1 heterocycles. The standard InChI is InChI=1S/C11H21N5O2/c1-3-4-9-14-10(13-8(5-17)6-18)7(2)11(15-9)16-12/h8,17-18H,3-6,12H2,1-2H3,(H2,13,14,15,16). The first-order valence-corrected chi connectivity index (χ1v) is 5.98. The van der Waals surface area contributed by atoms with Gasteiger partial charge in [0.1, 0.15) is 17.5 Å². The number of anilines is 2. The van der Waals surface area contributed by atoms with E-state index in [4.69, 9.17) is 16.1 Å². The van der Waals surface area contributed by atoms with Crippen LogP contribution in [-0.2, 0) is 6.42 Å². The highest BCUT2D eigenvalue weighted by Gasteiger charge is 2.13. The summed E-state index contributed by atoms with van der Waals surface area (Å²) in [7, 11) is 0. The predicted molar refractivity (Wildman–Crippen MR) is 70.2 cm³/mol. The molecule has 0 aliphatic carbocycles. The minimum atomic E-state index is -0.446. The Balaban J connectivity index is 3.03. The van der Waals surface area contributed by atoms with Gasteiger partial charge in [-0.2, -0.15) is 0 Å². The number of nitrogens with one attached hydrogen (secondary N) is 2. The number of aromatic nitrogens is 2. The van der Waals surface area contributed by atoms with Crippen LogP contribution in [0.3, 0.4) is 0 Å². The summed E-state index contributed by atoms with van der Waals surface area (Å²) in [6, 6.07) is -0.446. The van der Waals surface area contributed by atoms with Crippen molar-refractivity contribution in [3.8, 4) is 0 Å². The molecular weight excluding hydrogens is 234 g/mol. The zero-order valence-electron chi connectivity index (χ0n) is 10.8. The highest BCUT2D eigenvalue weighted by molar-refractivity contribution is 5.57. The van der Waals surface area contributed by atoms with Crippen LogP contribution in [0.2, 0.25) is 0 Å². The van der Waals surface area contributed by atoms with Crippen LogP contribution < -0.4 is 16.6 Å². The van der Waals surface area contributed by atoms with Crippen molar-refractivity contribution in [1.29, 1.82) is 0 Å². The summed E-state index contributed by atoms with van der Waals surface area (Å²) >= 11 is 0. The van der Waals surface area contributed by atoms with Crippen LogP contribution in [0, 0.1) is 6.92 Å². The molecule has 18 heavy (non-hydrogen) atoms. The molecule has 0 fully saturated rings. The van der Waals surface area contributed by atoms with Gasteiger partial charge in [0.25, 0.3) is 0 Å². The maximum absolute atomic E-state index is 9.07. The van der Waals surface area contributed by atoms with Gasteiger partial charge in [-0.3, -0.25) is 0 Å². The molecule has 0 radical (unpaired) electrons. The molecule has 0 saturated carbocycles. The van der Waals surface area contributed by atoms with Gasteiger partial charge in [0.05, 0.1) is 19.3 Å². The molecule has 0 bridgehead atoms. The Morgan fingerprint density at radius 3 is 2.33 bits per heavy atom. The molecule has 0 aliphatic heterocycles. The fourth-order valence-corrected chi connectivity index (χ4v) is 1.52. The SMILES string of the molecule is CCCc1nc(NN)c(C)c(NC(CO)CO)n1. The Morgan fingerprint density at radius 1 is 1.22 bits per heavy atom. The van der Waals surface area contributed by atoms with Gasteiger partial charge in [-0.25, -0.2) is 15.8 Å². The lowest BCUT2D eigenvalue weighted by molar-refractivity contribution is 0.203. The number of hydrogen-bond donors (Lipinski definition) is 5. The van der Waals surface area contributed by atoms with Crippen LogP contribution >= 0.6 is 0 Å². The monoisotopic (exact) mass is 255 g/mol. The van der Waals surface area contributed by atoms with Crippen molar-refractivity contribution in [1.82, 2.24) is 9.97 Å². The van der Waals surface area contributed by atoms with E-state index in [0.717, 1.165) is 18.4 Å². The van der Waals surface area contributed by atoms with Gasteiger partial charge in [-0.05, 0) is 13.3 Å². The number of aliphatic hydroxyl groups excluding tert-OH is 2. The average Bonchev–Trinajstić information content (AvgIpc) is 2.39. The Morgan fingerprint density at radius 2 is 1.83 bits per heavy atom. The zero-order chi connectivity index (χ0) is 13.5. The van der Waals surface area contributed by atoms with Crippen molar-refractivity contribution in [2.45, 2.75) is 32.7 Å². The molecule has 0 amide bonds. The molecule has 0 atom stereocenters. The van der Waals surface area contributed by atoms with Crippen molar-refractivity contribution in [3.05, 3.63) is 11.4 Å². The molecule has 1 aromatic heterocycles. The van der Waals surface area contributed by atoms with Crippen molar-refractivity contribution in [2.24, 2.45) is 5.84 Å². The molecule has 1 rings (SSSR count). The lowest BCUT2D eigenvalue weighted by Crippen LogP contribution is -2.29. The van der Waals surface area contributed by atoms with Gasteiger partial charge in [0.2, 0.25) is 0 Å². The molecule has 0 spiro atoms. The molecule has 102 valence electrons. The second-order valence-corrected chi connectivity index (χ2v) is 4.06. The summed E-state index contributed by atoms with van der Waals surface area (Å²) in [5.74, 6) is 7.21. The van der Waals surface area contributed by atoms with E-state index in [-0.39, 0.29) is 13.2 Å². The molecule has 0 aromatic carbocycles. The number of hydrazine groups is 1. The Hall–Kier alpha value is -1.44. The Labute approximate surface area is 106 Å². The molecular formula is C11H21N5O2. The van der Waals surface area contributed by atoms with E-state index >= 15 is 0 Å². The number of aryl methyl sites for hydroxylation is 1. The van der Waals surface area contributed by atoms with Gasteiger partial charge >= 0.3 is 0 Å². The highest BCUT2D eigenvalue weighted by Crippen LogP contribution is 2.20. The number of nitrogens with two attached hydrogens (primary N) is 1. The second kappa shape index (κ2) is 7.10. The maximum atomic E-state index is 9.07. The van der Waals surface area contributed by atoms with E-state index in [1.165, 1.54) is 0 Å². The lowest BCUT2D eigenvalue weighted by Gasteiger charge is -2.18. The highest BCUT2D eigenvalue weighted by atomic mass is 16.3. The average molecular weight is 255 g/mol. The predicted octanol–water partition coefficient (Wildman–Crippen LogP) is -0.212. The second-order valence-electron chi connectivity index (χ2n) is 4.06. The molecule has 7 nitrogen and oxygen atoms in total. The maximum Gasteiger partial charge on any atom is 0.148 e. The van der Waals surface area contributed by atoms with Crippen LogP contribution in [0.1, 0.15) is 24.7 Å². The van der Waals surface area contributed by atoms with Crippen LogP contribution in [0.25, 0.3) is 0 Å². The van der Waals surface area contributed by atoms with Crippen LogP contribution in [0.4, 0.5) is 11.6 Å². The molecule has 0 unspecified atom stereocenters. The molecule has 7 heteroatoms. The molecule has 0 saturated heterocycles. The lowest BCUT2D eigenvalue weighted by atomic mass is 10.2. The minimum Gasteiger partial charge on any atom is -0.394 e. The Kier molecular flexibility index (Phi) is 5.76. The van der Waals surface area contributed by atoms with Gasteiger partial charge in [-0.1, -0.05) is 6.92 Å². The smallest absolute Gasteiger partial charge is 0.148 e.